The Balaban J connectivity index is 1.73. The molecule has 144 valence electrons. The molecule has 0 bridgehead atoms. The number of nitrogens with zero attached hydrogens (tertiary/aromatic N) is 1. The maximum atomic E-state index is 12.3. The minimum Gasteiger partial charge on any atom is -0.465 e. The Morgan fingerprint density at radius 3 is 2.29 bits per heavy atom. The van der Waals surface area contributed by atoms with Crippen molar-refractivity contribution >= 4 is 23.5 Å². The molecule has 1 aliphatic heterocycles. The number of esters is 1. The van der Waals surface area contributed by atoms with Crippen molar-refractivity contribution in [3.63, 3.8) is 0 Å². The van der Waals surface area contributed by atoms with Crippen LogP contribution in [0.5, 0.6) is 11.5 Å². The molecule has 0 unspecified atom stereocenters. The van der Waals surface area contributed by atoms with E-state index in [1.807, 2.05) is 0 Å². The Bertz CT molecular complexity index is 988. The number of amides is 2. The molecular weight excluding hydrogens is 374 g/mol. The Labute approximate surface area is 157 Å². The fourth-order valence-corrected chi connectivity index (χ4v) is 2.38. The third-order valence-electron chi connectivity index (χ3n) is 3.74. The second-order valence-electron chi connectivity index (χ2n) is 5.49. The van der Waals surface area contributed by atoms with Gasteiger partial charge in [-0.3, -0.25) is 30.6 Å². The third kappa shape index (κ3) is 3.82. The average Bonchev–Trinajstić information content (AvgIpc) is 3.18. The van der Waals surface area contributed by atoms with E-state index < -0.39 is 28.4 Å². The highest BCUT2D eigenvalue weighted by Gasteiger charge is 2.20. The van der Waals surface area contributed by atoms with Gasteiger partial charge in [-0.25, -0.2) is 4.79 Å². The maximum absolute atomic E-state index is 12.3. The number of hydrazine groups is 1. The largest absolute Gasteiger partial charge is 0.465 e. The standard InChI is InChI=1S/C17H13N3O8/c1-26-17(23)11-4-10(5-12(6-11)20(24)25)16(22)19-18-15(21)9-2-3-13-14(7-9)28-8-27-13/h2-7H,8H2,1H3,(H,18,21)(H,19,22). The molecule has 3 rings (SSSR count). The van der Waals surface area contributed by atoms with Crippen LogP contribution in [0, 0.1) is 10.1 Å². The lowest BCUT2D eigenvalue weighted by molar-refractivity contribution is -0.384. The molecule has 0 fully saturated rings. The quantitative estimate of drug-likeness (QED) is 0.452. The molecule has 0 aliphatic carbocycles. The van der Waals surface area contributed by atoms with Gasteiger partial charge in [0.1, 0.15) is 0 Å². The number of ether oxygens (including phenoxy) is 3. The van der Waals surface area contributed by atoms with Gasteiger partial charge >= 0.3 is 5.97 Å². The van der Waals surface area contributed by atoms with Gasteiger partial charge in [-0.05, 0) is 24.3 Å². The Hall–Kier alpha value is -4.15. The molecule has 0 saturated carbocycles. The number of hydrogen-bond donors (Lipinski definition) is 2. The summed E-state index contributed by atoms with van der Waals surface area (Å²) in [6, 6.07) is 7.51. The Morgan fingerprint density at radius 1 is 0.964 bits per heavy atom. The molecule has 2 N–H and O–H groups in total. The van der Waals surface area contributed by atoms with Gasteiger partial charge in [0.15, 0.2) is 11.5 Å². The molecule has 11 heteroatoms. The molecule has 0 atom stereocenters. The van der Waals surface area contributed by atoms with Crippen molar-refractivity contribution in [2.45, 2.75) is 0 Å². The van der Waals surface area contributed by atoms with Crippen LogP contribution in [-0.2, 0) is 4.74 Å². The number of hydrogen-bond acceptors (Lipinski definition) is 8. The first kappa shape index (κ1) is 18.6. The van der Waals surface area contributed by atoms with Crippen molar-refractivity contribution < 1.29 is 33.5 Å². The highest BCUT2D eigenvalue weighted by atomic mass is 16.7. The summed E-state index contributed by atoms with van der Waals surface area (Å²) in [5.41, 5.74) is 3.64. The SMILES string of the molecule is COC(=O)c1cc(C(=O)NNC(=O)c2ccc3c(c2)OCO3)cc([N+](=O)[O-])c1. The van der Waals surface area contributed by atoms with Crippen molar-refractivity contribution in [2.24, 2.45) is 0 Å². The van der Waals surface area contributed by atoms with Crippen LogP contribution in [-0.4, -0.2) is 36.6 Å². The molecule has 0 spiro atoms. The number of fused-ring (bicyclic) bond motifs is 1. The lowest BCUT2D eigenvalue weighted by atomic mass is 10.1. The van der Waals surface area contributed by atoms with E-state index in [4.69, 9.17) is 9.47 Å². The first-order valence-corrected chi connectivity index (χ1v) is 7.77. The summed E-state index contributed by atoms with van der Waals surface area (Å²) in [6.07, 6.45) is 0. The topological polar surface area (TPSA) is 146 Å². The van der Waals surface area contributed by atoms with E-state index in [0.29, 0.717) is 11.5 Å². The highest BCUT2D eigenvalue weighted by Crippen LogP contribution is 2.32. The number of nitrogens with one attached hydrogen (secondary N) is 2. The maximum Gasteiger partial charge on any atom is 0.338 e. The lowest BCUT2D eigenvalue weighted by Gasteiger charge is -2.09. The molecule has 2 aromatic carbocycles. The van der Waals surface area contributed by atoms with Gasteiger partial charge in [0.2, 0.25) is 6.79 Å². The summed E-state index contributed by atoms with van der Waals surface area (Å²) in [5.74, 6) is -1.47. The zero-order valence-corrected chi connectivity index (χ0v) is 14.4. The first-order valence-electron chi connectivity index (χ1n) is 7.77. The number of nitro benzene ring substituents is 1. The summed E-state index contributed by atoms with van der Waals surface area (Å²) in [7, 11) is 1.10. The molecule has 0 radical (unpaired) electrons. The number of carbonyl (C=O) groups excluding carboxylic acids is 3. The number of carbonyl (C=O) groups is 3. The predicted molar refractivity (Wildman–Crippen MR) is 91.9 cm³/mol. The minimum absolute atomic E-state index is 0.0481. The number of rotatable bonds is 4. The third-order valence-corrected chi connectivity index (χ3v) is 3.74. The van der Waals surface area contributed by atoms with E-state index in [1.165, 1.54) is 12.1 Å². The summed E-state index contributed by atoms with van der Waals surface area (Å²) in [4.78, 5) is 46.3. The van der Waals surface area contributed by atoms with Crippen LogP contribution in [0.2, 0.25) is 0 Å². The summed E-state index contributed by atoms with van der Waals surface area (Å²) >= 11 is 0. The van der Waals surface area contributed by atoms with Crippen molar-refractivity contribution in [2.75, 3.05) is 13.9 Å². The molecule has 28 heavy (non-hydrogen) atoms. The van der Waals surface area contributed by atoms with Gasteiger partial charge in [0, 0.05) is 23.3 Å². The summed E-state index contributed by atoms with van der Waals surface area (Å²) in [5, 5.41) is 11.0. The van der Waals surface area contributed by atoms with Crippen LogP contribution in [0.3, 0.4) is 0 Å². The first-order chi connectivity index (χ1) is 13.4. The van der Waals surface area contributed by atoms with Gasteiger partial charge in [0.05, 0.1) is 17.6 Å². The van der Waals surface area contributed by atoms with Crippen molar-refractivity contribution in [1.29, 1.82) is 0 Å². The predicted octanol–water partition coefficient (Wildman–Crippen LogP) is 1.18. The minimum atomic E-state index is -0.858. The van der Waals surface area contributed by atoms with Crippen LogP contribution in [0.25, 0.3) is 0 Å². The lowest BCUT2D eigenvalue weighted by Crippen LogP contribution is -2.41. The van der Waals surface area contributed by atoms with Crippen LogP contribution < -0.4 is 20.3 Å². The van der Waals surface area contributed by atoms with Crippen LogP contribution in [0.1, 0.15) is 31.1 Å². The van der Waals surface area contributed by atoms with Crippen LogP contribution >= 0.6 is 0 Å². The van der Waals surface area contributed by atoms with Crippen LogP contribution in [0.15, 0.2) is 36.4 Å². The van der Waals surface area contributed by atoms with Gasteiger partial charge in [-0.2, -0.15) is 0 Å². The molecule has 2 amide bonds. The van der Waals surface area contributed by atoms with E-state index in [2.05, 4.69) is 15.6 Å². The van der Waals surface area contributed by atoms with Gasteiger partial charge in [-0.15, -0.1) is 0 Å². The summed E-state index contributed by atoms with van der Waals surface area (Å²) in [6.45, 7) is 0.0481. The number of nitro groups is 1. The fourth-order valence-electron chi connectivity index (χ4n) is 2.38. The normalized spacial score (nSPS) is 11.5. The molecule has 11 nitrogen and oxygen atoms in total. The number of benzene rings is 2. The fraction of sp³-hybridized carbons (Fsp3) is 0.118. The average molecular weight is 387 g/mol. The van der Waals surface area contributed by atoms with Gasteiger partial charge < -0.3 is 14.2 Å². The van der Waals surface area contributed by atoms with E-state index >= 15 is 0 Å². The monoisotopic (exact) mass is 387 g/mol. The smallest absolute Gasteiger partial charge is 0.338 e. The van der Waals surface area contributed by atoms with Crippen molar-refractivity contribution in [3.05, 3.63) is 63.2 Å². The van der Waals surface area contributed by atoms with E-state index in [0.717, 1.165) is 25.3 Å². The Morgan fingerprint density at radius 2 is 1.61 bits per heavy atom. The highest BCUT2D eigenvalue weighted by molar-refractivity contribution is 6.01. The second kappa shape index (κ2) is 7.61. The van der Waals surface area contributed by atoms with Crippen molar-refractivity contribution in [3.8, 4) is 11.5 Å². The molecule has 2 aromatic rings. The van der Waals surface area contributed by atoms with E-state index in [9.17, 15) is 24.5 Å². The van der Waals surface area contributed by atoms with Crippen LogP contribution in [0.4, 0.5) is 5.69 Å². The van der Waals surface area contributed by atoms with E-state index in [1.54, 1.807) is 6.07 Å². The molecular formula is C17H13N3O8. The summed E-state index contributed by atoms with van der Waals surface area (Å²) < 4.78 is 14.8. The molecule has 0 aromatic heterocycles. The Kier molecular flexibility index (Phi) is 5.07. The number of methoxy groups -OCH3 is 1. The zero-order valence-electron chi connectivity index (χ0n) is 14.4. The second-order valence-corrected chi connectivity index (χ2v) is 5.49. The van der Waals surface area contributed by atoms with Gasteiger partial charge in [-0.1, -0.05) is 0 Å². The molecule has 1 aliphatic rings. The molecule has 0 saturated heterocycles. The zero-order chi connectivity index (χ0) is 20.3. The van der Waals surface area contributed by atoms with Gasteiger partial charge in [0.25, 0.3) is 17.5 Å². The molecule has 1 heterocycles. The van der Waals surface area contributed by atoms with E-state index in [-0.39, 0.29) is 23.5 Å². The van der Waals surface area contributed by atoms with Crippen molar-refractivity contribution in [1.82, 2.24) is 10.9 Å². The number of non-ortho nitro benzene ring substituents is 1.